The molecule has 0 unspecified atom stereocenters. The molecule has 0 atom stereocenters. The molecule has 0 aromatic heterocycles. The van der Waals surface area contributed by atoms with Crippen LogP contribution in [0, 0.1) is 17.0 Å². The van der Waals surface area contributed by atoms with E-state index in [0.717, 1.165) is 5.56 Å². The van der Waals surface area contributed by atoms with Crippen LogP contribution < -0.4 is 4.74 Å². The summed E-state index contributed by atoms with van der Waals surface area (Å²) < 4.78 is 24.6. The van der Waals surface area contributed by atoms with Crippen molar-refractivity contribution < 1.29 is 13.9 Å². The van der Waals surface area contributed by atoms with E-state index in [4.69, 9.17) is 9.47 Å². The van der Waals surface area contributed by atoms with Crippen molar-refractivity contribution in [3.63, 3.8) is 0 Å². The van der Waals surface area contributed by atoms with Crippen LogP contribution in [-0.2, 0) is 11.3 Å². The van der Waals surface area contributed by atoms with Gasteiger partial charge in [0, 0.05) is 21.2 Å². The second kappa shape index (κ2) is 9.72. The molecule has 5 heteroatoms. The summed E-state index contributed by atoms with van der Waals surface area (Å²) in [7, 11) is 1.31. The lowest BCUT2D eigenvalue weighted by atomic mass is 10.2. The highest BCUT2D eigenvalue weighted by molar-refractivity contribution is 14.2. The summed E-state index contributed by atoms with van der Waals surface area (Å²) in [5.41, 5.74) is 1.46. The first kappa shape index (κ1) is 17.1. The van der Waals surface area contributed by atoms with Crippen LogP contribution in [0.15, 0.2) is 48.5 Å². The van der Waals surface area contributed by atoms with Gasteiger partial charge in [-0.3, -0.25) is 0 Å². The number of rotatable bonds is 6. The Morgan fingerprint density at radius 1 is 1.09 bits per heavy atom. The molecule has 0 fully saturated rings. The van der Waals surface area contributed by atoms with Crippen LogP contribution in [0.3, 0.4) is 0 Å². The van der Waals surface area contributed by atoms with Crippen LogP contribution >= 0.6 is 30.1 Å². The van der Waals surface area contributed by atoms with Crippen molar-refractivity contribution >= 4 is 30.1 Å². The lowest BCUT2D eigenvalue weighted by molar-refractivity contribution is 0.0889. The molecule has 0 heterocycles. The third-order valence-electron chi connectivity index (χ3n) is 2.77. The topological polar surface area (TPSA) is 18.5 Å². The van der Waals surface area contributed by atoms with Crippen molar-refractivity contribution in [2.45, 2.75) is 6.61 Å². The van der Waals surface area contributed by atoms with E-state index in [1.54, 1.807) is 12.1 Å². The van der Waals surface area contributed by atoms with Crippen LogP contribution in [0.5, 0.6) is 5.75 Å². The monoisotopic (exact) mass is 428 g/mol. The number of halogens is 2. The van der Waals surface area contributed by atoms with Crippen molar-refractivity contribution in [3.05, 3.63) is 65.5 Å². The van der Waals surface area contributed by atoms with E-state index in [0.29, 0.717) is 31.1 Å². The molecule has 114 valence electrons. The minimum absolute atomic E-state index is 0.340. The summed E-state index contributed by atoms with van der Waals surface area (Å²) in [5, 5.41) is 2.76. The minimum atomic E-state index is -0.342. The van der Waals surface area contributed by atoms with E-state index in [2.05, 4.69) is 11.2 Å². The van der Waals surface area contributed by atoms with E-state index in [9.17, 15) is 4.39 Å². The predicted octanol–water partition coefficient (Wildman–Crippen LogP) is 4.81. The summed E-state index contributed by atoms with van der Waals surface area (Å²) in [6.45, 7) is 1.43. The van der Waals surface area contributed by atoms with Gasteiger partial charge in [0.1, 0.15) is 18.2 Å². The van der Waals surface area contributed by atoms with Gasteiger partial charge in [-0.2, -0.15) is 0 Å². The van der Waals surface area contributed by atoms with E-state index in [1.165, 1.54) is 15.0 Å². The normalized spacial score (nSPS) is 9.91. The summed E-state index contributed by atoms with van der Waals surface area (Å²) in [5.74, 6) is 2.99. The highest BCUT2D eigenvalue weighted by atomic mass is 127. The van der Waals surface area contributed by atoms with Crippen LogP contribution in [0.1, 0.15) is 11.1 Å². The van der Waals surface area contributed by atoms with Gasteiger partial charge in [0.2, 0.25) is 0 Å². The first-order chi connectivity index (χ1) is 10.8. The molecule has 22 heavy (non-hydrogen) atoms. The van der Waals surface area contributed by atoms with Gasteiger partial charge < -0.3 is 9.47 Å². The van der Waals surface area contributed by atoms with E-state index in [1.807, 2.05) is 51.5 Å². The zero-order chi connectivity index (χ0) is 15.6. The number of hydrogen-bond donors (Lipinski definition) is 0. The van der Waals surface area contributed by atoms with E-state index in [-0.39, 0.29) is 5.82 Å². The Morgan fingerprint density at radius 2 is 1.91 bits per heavy atom. The summed E-state index contributed by atoms with van der Waals surface area (Å²) in [6.07, 6.45) is 0. The second-order valence-electron chi connectivity index (χ2n) is 4.33. The molecule has 2 nitrogen and oxygen atoms in total. The van der Waals surface area contributed by atoms with Gasteiger partial charge in [-0.15, -0.1) is 0 Å². The van der Waals surface area contributed by atoms with Crippen LogP contribution in [0.4, 0.5) is 4.39 Å². The molecule has 0 radical (unpaired) electrons. The van der Waals surface area contributed by atoms with Crippen LogP contribution in [0.25, 0.3) is 0 Å². The molecule has 0 aliphatic rings. The molecular formula is C17H14FIO2S. The first-order valence-corrected chi connectivity index (χ1v) is 9.98. The van der Waals surface area contributed by atoms with Gasteiger partial charge >= 0.3 is 0 Å². The van der Waals surface area contributed by atoms with Crippen molar-refractivity contribution in [2.75, 3.05) is 13.2 Å². The lowest BCUT2D eigenvalue weighted by Gasteiger charge is -2.08. The second-order valence-corrected chi connectivity index (χ2v) is 6.01. The Kier molecular flexibility index (Phi) is 7.57. The average Bonchev–Trinajstić information content (AvgIpc) is 2.55. The van der Waals surface area contributed by atoms with Crippen molar-refractivity contribution in [3.8, 4) is 16.9 Å². The van der Waals surface area contributed by atoms with Crippen LogP contribution in [-0.4, -0.2) is 13.2 Å². The maximum Gasteiger partial charge on any atom is 0.139 e. The molecule has 0 spiro atoms. The smallest absolute Gasteiger partial charge is 0.139 e. The molecule has 0 aliphatic heterocycles. The predicted molar refractivity (Wildman–Crippen MR) is 96.5 cm³/mol. The van der Waals surface area contributed by atoms with Gasteiger partial charge in [0.25, 0.3) is 0 Å². The number of hydrogen-bond acceptors (Lipinski definition) is 3. The van der Waals surface area contributed by atoms with Gasteiger partial charge in [0.15, 0.2) is 0 Å². The fourth-order valence-corrected chi connectivity index (χ4v) is 2.23. The Labute approximate surface area is 146 Å². The van der Waals surface area contributed by atoms with Crippen molar-refractivity contribution in [2.24, 2.45) is 0 Å². The molecule has 0 aliphatic carbocycles. The number of ether oxygens (including phenoxy) is 2. The van der Waals surface area contributed by atoms with Crippen molar-refractivity contribution in [1.29, 1.82) is 0 Å². The highest BCUT2D eigenvalue weighted by Crippen LogP contribution is 2.17. The van der Waals surface area contributed by atoms with Crippen molar-refractivity contribution in [1.82, 2.24) is 0 Å². The quantitative estimate of drug-likeness (QED) is 0.374. The fraction of sp³-hybridized carbons (Fsp3) is 0.176. The summed E-state index contributed by atoms with van der Waals surface area (Å²) in [4.78, 5) is 0. The Hall–Kier alpha value is -1.23. The minimum Gasteiger partial charge on any atom is -0.491 e. The molecule has 0 saturated carbocycles. The Bertz CT molecular complexity index is 653. The first-order valence-electron chi connectivity index (χ1n) is 6.62. The molecule has 2 aromatic rings. The molecule has 0 amide bonds. The maximum absolute atomic E-state index is 13.5. The lowest BCUT2D eigenvalue weighted by Crippen LogP contribution is -2.07. The largest absolute Gasteiger partial charge is 0.491 e. The van der Waals surface area contributed by atoms with Gasteiger partial charge in [-0.25, -0.2) is 4.39 Å². The van der Waals surface area contributed by atoms with Crippen LogP contribution in [0.2, 0.25) is 0 Å². The van der Waals surface area contributed by atoms with E-state index < -0.39 is 0 Å². The fourth-order valence-electron chi connectivity index (χ4n) is 1.75. The molecule has 0 bridgehead atoms. The number of benzene rings is 2. The zero-order valence-electron chi connectivity index (χ0n) is 11.7. The standard InChI is InChI=1S/C17H14FIO2S/c18-17-7-6-16(12-15(17)8-11-22-19)21-10-9-20-13-14-4-2-1-3-5-14/h1-7,12H,9-10,13H2. The maximum atomic E-state index is 13.5. The van der Waals surface area contributed by atoms with E-state index >= 15 is 0 Å². The third kappa shape index (κ3) is 5.87. The molecule has 2 rings (SSSR count). The molecular weight excluding hydrogens is 414 g/mol. The van der Waals surface area contributed by atoms with Gasteiger partial charge in [-0.1, -0.05) is 36.3 Å². The average molecular weight is 428 g/mol. The van der Waals surface area contributed by atoms with Gasteiger partial charge in [0.05, 0.1) is 18.8 Å². The molecule has 0 saturated heterocycles. The Balaban J connectivity index is 1.77. The third-order valence-corrected chi connectivity index (χ3v) is 3.61. The molecule has 2 aromatic carbocycles. The zero-order valence-corrected chi connectivity index (χ0v) is 14.7. The van der Waals surface area contributed by atoms with Gasteiger partial charge in [-0.05, 0) is 37.9 Å². The summed E-state index contributed by atoms with van der Waals surface area (Å²) >= 11 is 2.04. The SMILES string of the molecule is Fc1ccc(OCCOCc2ccccc2)cc1C#CSI. The Morgan fingerprint density at radius 3 is 2.68 bits per heavy atom. The molecule has 0 N–H and O–H groups in total. The highest BCUT2D eigenvalue weighted by Gasteiger charge is 2.02. The summed E-state index contributed by atoms with van der Waals surface area (Å²) in [6, 6.07) is 14.5.